The van der Waals surface area contributed by atoms with Crippen molar-refractivity contribution in [2.75, 3.05) is 7.11 Å². The van der Waals surface area contributed by atoms with Crippen molar-refractivity contribution in [1.29, 1.82) is 0 Å². The molecule has 0 spiro atoms. The molecule has 1 fully saturated rings. The van der Waals surface area contributed by atoms with Gasteiger partial charge in [0.25, 0.3) is 0 Å². The smallest absolute Gasteiger partial charge is 0.328 e. The zero-order valence-electron chi connectivity index (χ0n) is 12.9. The lowest BCUT2D eigenvalue weighted by molar-refractivity contribution is -0.151. The van der Waals surface area contributed by atoms with Crippen molar-refractivity contribution < 1.29 is 9.53 Å². The average molecular weight is 280 g/mol. The lowest BCUT2D eigenvalue weighted by Gasteiger charge is -2.34. The van der Waals surface area contributed by atoms with Crippen molar-refractivity contribution in [3.8, 4) is 0 Å². The molecule has 0 aromatic carbocycles. The molecule has 0 radical (unpaired) electrons. The maximum absolute atomic E-state index is 12.4. The molecule has 1 N–H and O–H groups in total. The van der Waals surface area contributed by atoms with Gasteiger partial charge >= 0.3 is 5.97 Å². The first-order valence-electron chi connectivity index (χ1n) is 7.13. The molecule has 20 heavy (non-hydrogen) atoms. The zero-order chi connectivity index (χ0) is 14.9. The monoisotopic (exact) mass is 280 g/mol. The Morgan fingerprint density at radius 2 is 2.15 bits per heavy atom. The SMILES string of the molecule is COC(=O)C(Cn1nc(C)nc1C)(NC(C)C)C1CC1. The highest BCUT2D eigenvalue weighted by Crippen LogP contribution is 2.41. The first-order chi connectivity index (χ1) is 9.39. The van der Waals surface area contributed by atoms with Gasteiger partial charge in [-0.05, 0) is 46.5 Å². The minimum absolute atomic E-state index is 0.194. The van der Waals surface area contributed by atoms with E-state index in [1.807, 2.05) is 27.7 Å². The molecule has 0 aliphatic heterocycles. The summed E-state index contributed by atoms with van der Waals surface area (Å²) in [5.41, 5.74) is -0.701. The van der Waals surface area contributed by atoms with Crippen LogP contribution in [0, 0.1) is 19.8 Å². The fourth-order valence-corrected chi connectivity index (χ4v) is 2.80. The predicted octanol–water partition coefficient (Wildman–Crippen LogP) is 1.21. The summed E-state index contributed by atoms with van der Waals surface area (Å²) in [4.78, 5) is 16.7. The van der Waals surface area contributed by atoms with Crippen LogP contribution >= 0.6 is 0 Å². The largest absolute Gasteiger partial charge is 0.468 e. The Bertz CT molecular complexity index is 493. The van der Waals surface area contributed by atoms with Gasteiger partial charge in [0.15, 0.2) is 0 Å². The van der Waals surface area contributed by atoms with Gasteiger partial charge in [0.05, 0.1) is 13.7 Å². The van der Waals surface area contributed by atoms with E-state index in [0.29, 0.717) is 12.5 Å². The van der Waals surface area contributed by atoms with Crippen LogP contribution in [0.15, 0.2) is 0 Å². The van der Waals surface area contributed by atoms with Crippen LogP contribution in [0.25, 0.3) is 0 Å². The normalized spacial score (nSPS) is 18.1. The number of carbonyl (C=O) groups excluding carboxylic acids is 1. The van der Waals surface area contributed by atoms with Crippen molar-refractivity contribution in [3.63, 3.8) is 0 Å². The van der Waals surface area contributed by atoms with Crippen molar-refractivity contribution in [2.45, 2.75) is 58.7 Å². The van der Waals surface area contributed by atoms with Crippen molar-refractivity contribution in [2.24, 2.45) is 5.92 Å². The van der Waals surface area contributed by atoms with Crippen molar-refractivity contribution in [3.05, 3.63) is 11.6 Å². The van der Waals surface area contributed by atoms with E-state index >= 15 is 0 Å². The Balaban J connectivity index is 2.34. The van der Waals surface area contributed by atoms with Crippen LogP contribution in [0.1, 0.15) is 38.3 Å². The number of nitrogens with one attached hydrogen (secondary N) is 1. The van der Waals surface area contributed by atoms with E-state index in [-0.39, 0.29) is 12.0 Å². The Morgan fingerprint density at radius 3 is 2.55 bits per heavy atom. The van der Waals surface area contributed by atoms with E-state index in [1.165, 1.54) is 7.11 Å². The molecular weight excluding hydrogens is 256 g/mol. The van der Waals surface area contributed by atoms with Gasteiger partial charge in [-0.2, -0.15) is 5.10 Å². The number of methoxy groups -OCH3 is 1. The molecule has 1 saturated carbocycles. The molecule has 0 bridgehead atoms. The summed E-state index contributed by atoms with van der Waals surface area (Å²) in [7, 11) is 1.45. The number of nitrogens with zero attached hydrogens (tertiary/aromatic N) is 3. The number of esters is 1. The third kappa shape index (κ3) is 2.85. The zero-order valence-corrected chi connectivity index (χ0v) is 12.9. The van der Waals surface area contributed by atoms with Crippen LogP contribution < -0.4 is 5.32 Å². The molecule has 0 saturated heterocycles. The number of hydrogen-bond acceptors (Lipinski definition) is 5. The van der Waals surface area contributed by atoms with E-state index in [2.05, 4.69) is 15.4 Å². The number of rotatable bonds is 6. The Morgan fingerprint density at radius 1 is 1.50 bits per heavy atom. The second-order valence-electron chi connectivity index (χ2n) is 5.90. The number of ether oxygens (including phenoxy) is 1. The number of aryl methyl sites for hydroxylation is 2. The number of aromatic nitrogens is 3. The van der Waals surface area contributed by atoms with Crippen LogP contribution in [0.5, 0.6) is 0 Å². The van der Waals surface area contributed by atoms with Gasteiger partial charge in [0.1, 0.15) is 17.2 Å². The standard InChI is InChI=1S/C14H24N4O2/c1-9(2)16-14(12-6-7-12,13(19)20-5)8-18-11(4)15-10(3)17-18/h9,12,16H,6-8H2,1-5H3. The van der Waals surface area contributed by atoms with Gasteiger partial charge in [0, 0.05) is 6.04 Å². The van der Waals surface area contributed by atoms with E-state index in [9.17, 15) is 4.79 Å². The Kier molecular flexibility index (Phi) is 4.13. The quantitative estimate of drug-likeness (QED) is 0.793. The summed E-state index contributed by atoms with van der Waals surface area (Å²) in [6.07, 6.45) is 2.09. The van der Waals surface area contributed by atoms with Gasteiger partial charge in [-0.25, -0.2) is 14.5 Å². The minimum Gasteiger partial charge on any atom is -0.468 e. The molecule has 1 aromatic heterocycles. The van der Waals surface area contributed by atoms with Gasteiger partial charge in [-0.3, -0.25) is 5.32 Å². The summed E-state index contributed by atoms with van der Waals surface area (Å²) in [6, 6.07) is 0.194. The van der Waals surface area contributed by atoms with E-state index in [1.54, 1.807) is 4.68 Å². The Hall–Kier alpha value is -1.43. The van der Waals surface area contributed by atoms with E-state index in [4.69, 9.17) is 4.74 Å². The average Bonchev–Trinajstić information content (AvgIpc) is 3.15. The highest BCUT2D eigenvalue weighted by molar-refractivity contribution is 5.81. The molecule has 112 valence electrons. The molecule has 1 aliphatic carbocycles. The second kappa shape index (κ2) is 5.52. The summed E-state index contributed by atoms with van der Waals surface area (Å²) in [6.45, 7) is 8.31. The van der Waals surface area contributed by atoms with E-state index < -0.39 is 5.54 Å². The first-order valence-corrected chi connectivity index (χ1v) is 7.13. The molecule has 6 heteroatoms. The highest BCUT2D eigenvalue weighted by atomic mass is 16.5. The molecule has 1 aromatic rings. The summed E-state index contributed by atoms with van der Waals surface area (Å²) >= 11 is 0. The first kappa shape index (κ1) is 15.0. The molecular formula is C14H24N4O2. The fourth-order valence-electron chi connectivity index (χ4n) is 2.80. The van der Waals surface area contributed by atoms with Crippen LogP contribution in [-0.4, -0.2) is 39.4 Å². The molecule has 6 nitrogen and oxygen atoms in total. The van der Waals surface area contributed by atoms with Crippen LogP contribution in [0.2, 0.25) is 0 Å². The maximum Gasteiger partial charge on any atom is 0.328 e. The van der Waals surface area contributed by atoms with Gasteiger partial charge < -0.3 is 4.74 Å². The van der Waals surface area contributed by atoms with Crippen LogP contribution in [-0.2, 0) is 16.1 Å². The lowest BCUT2D eigenvalue weighted by atomic mass is 9.92. The molecule has 1 atom stereocenters. The maximum atomic E-state index is 12.4. The second-order valence-corrected chi connectivity index (χ2v) is 5.90. The van der Waals surface area contributed by atoms with Gasteiger partial charge in [0.2, 0.25) is 0 Å². The van der Waals surface area contributed by atoms with Crippen LogP contribution in [0.4, 0.5) is 0 Å². The van der Waals surface area contributed by atoms with Gasteiger partial charge in [-0.15, -0.1) is 0 Å². The van der Waals surface area contributed by atoms with Crippen molar-refractivity contribution >= 4 is 5.97 Å². The fraction of sp³-hybridized carbons (Fsp3) is 0.786. The molecule has 1 unspecified atom stereocenters. The summed E-state index contributed by atoms with van der Waals surface area (Å²) in [5.74, 6) is 1.64. The minimum atomic E-state index is -0.701. The summed E-state index contributed by atoms with van der Waals surface area (Å²) in [5, 5.41) is 7.81. The van der Waals surface area contributed by atoms with Gasteiger partial charge in [-0.1, -0.05) is 0 Å². The highest BCUT2D eigenvalue weighted by Gasteiger charge is 2.52. The third-order valence-corrected chi connectivity index (χ3v) is 3.73. The Labute approximate surface area is 119 Å². The number of hydrogen-bond donors (Lipinski definition) is 1. The third-order valence-electron chi connectivity index (χ3n) is 3.73. The van der Waals surface area contributed by atoms with Crippen molar-refractivity contribution in [1.82, 2.24) is 20.1 Å². The molecule has 1 aliphatic rings. The number of carbonyl (C=O) groups is 1. The summed E-state index contributed by atoms with van der Waals surface area (Å²) < 4.78 is 6.88. The molecule has 2 rings (SSSR count). The van der Waals surface area contributed by atoms with Crippen LogP contribution in [0.3, 0.4) is 0 Å². The van der Waals surface area contributed by atoms with E-state index in [0.717, 1.165) is 24.5 Å². The topological polar surface area (TPSA) is 69.0 Å². The lowest BCUT2D eigenvalue weighted by Crippen LogP contribution is -2.59. The molecule has 0 amide bonds. The predicted molar refractivity (Wildman–Crippen MR) is 75.2 cm³/mol. The molecule has 1 heterocycles.